The van der Waals surface area contributed by atoms with E-state index in [0.717, 1.165) is 12.0 Å². The highest BCUT2D eigenvalue weighted by atomic mass is 32.2. The molecule has 116 valence electrons. The Hall–Kier alpha value is -1.14. The predicted molar refractivity (Wildman–Crippen MR) is 80.5 cm³/mol. The van der Waals surface area contributed by atoms with E-state index in [0.29, 0.717) is 29.6 Å². The Morgan fingerprint density at radius 1 is 1.33 bits per heavy atom. The topological polar surface area (TPSA) is 32.3 Å². The van der Waals surface area contributed by atoms with Gasteiger partial charge in [-0.1, -0.05) is 23.9 Å². The summed E-state index contributed by atoms with van der Waals surface area (Å²) in [6.07, 6.45) is 1.41. The molecule has 1 saturated heterocycles. The van der Waals surface area contributed by atoms with Crippen LogP contribution in [0.3, 0.4) is 0 Å². The normalized spacial score (nSPS) is 20.9. The Balaban J connectivity index is 1.91. The van der Waals surface area contributed by atoms with Gasteiger partial charge in [-0.05, 0) is 31.0 Å². The Morgan fingerprint density at radius 2 is 2.00 bits per heavy atom. The summed E-state index contributed by atoms with van der Waals surface area (Å²) in [4.78, 5) is 13.8. The SMILES string of the molecule is CC(NC1CCC(=O)N(C)C1)c1ccc(SC(F)F)cc1. The van der Waals surface area contributed by atoms with Crippen molar-refractivity contribution in [2.24, 2.45) is 0 Å². The van der Waals surface area contributed by atoms with E-state index in [1.54, 1.807) is 17.0 Å². The lowest BCUT2D eigenvalue weighted by molar-refractivity contribution is -0.132. The second kappa shape index (κ2) is 7.22. The first-order chi connectivity index (χ1) is 9.95. The van der Waals surface area contributed by atoms with Crippen LogP contribution in [0.4, 0.5) is 8.78 Å². The van der Waals surface area contributed by atoms with E-state index in [2.05, 4.69) is 5.32 Å². The van der Waals surface area contributed by atoms with E-state index in [9.17, 15) is 13.6 Å². The van der Waals surface area contributed by atoms with Gasteiger partial charge in [-0.3, -0.25) is 4.79 Å². The van der Waals surface area contributed by atoms with Gasteiger partial charge < -0.3 is 10.2 Å². The van der Waals surface area contributed by atoms with E-state index >= 15 is 0 Å². The van der Waals surface area contributed by atoms with Crippen LogP contribution in [0.25, 0.3) is 0 Å². The van der Waals surface area contributed by atoms with Crippen LogP contribution in [-0.2, 0) is 4.79 Å². The number of carbonyl (C=O) groups excluding carboxylic acids is 1. The molecular formula is C15H20F2N2OS. The minimum atomic E-state index is -2.39. The van der Waals surface area contributed by atoms with Crippen molar-refractivity contribution in [3.63, 3.8) is 0 Å². The van der Waals surface area contributed by atoms with Crippen molar-refractivity contribution in [1.82, 2.24) is 10.2 Å². The highest BCUT2D eigenvalue weighted by Gasteiger charge is 2.23. The van der Waals surface area contributed by atoms with Crippen LogP contribution in [0, 0.1) is 0 Å². The summed E-state index contributed by atoms with van der Waals surface area (Å²) >= 11 is 0.557. The molecule has 0 aliphatic carbocycles. The molecular weight excluding hydrogens is 294 g/mol. The molecule has 1 N–H and O–H groups in total. The van der Waals surface area contributed by atoms with Crippen molar-refractivity contribution in [1.29, 1.82) is 0 Å². The molecule has 1 aliphatic rings. The Labute approximate surface area is 128 Å². The first-order valence-electron chi connectivity index (χ1n) is 7.00. The van der Waals surface area contributed by atoms with Crippen molar-refractivity contribution >= 4 is 17.7 Å². The van der Waals surface area contributed by atoms with Gasteiger partial charge in [0.15, 0.2) is 0 Å². The number of rotatable bonds is 5. The zero-order valence-corrected chi connectivity index (χ0v) is 13.0. The quantitative estimate of drug-likeness (QED) is 0.847. The second-order valence-electron chi connectivity index (χ2n) is 5.35. The first kappa shape index (κ1) is 16.2. The third kappa shape index (κ3) is 4.68. The number of amides is 1. The molecule has 0 radical (unpaired) electrons. The maximum Gasteiger partial charge on any atom is 0.288 e. The van der Waals surface area contributed by atoms with Crippen LogP contribution < -0.4 is 5.32 Å². The second-order valence-corrected chi connectivity index (χ2v) is 6.41. The summed E-state index contributed by atoms with van der Waals surface area (Å²) in [5.41, 5.74) is 1.06. The van der Waals surface area contributed by atoms with E-state index < -0.39 is 5.76 Å². The molecule has 2 atom stereocenters. The minimum Gasteiger partial charge on any atom is -0.344 e. The number of alkyl halides is 2. The van der Waals surface area contributed by atoms with Crippen molar-refractivity contribution in [3.05, 3.63) is 29.8 Å². The molecule has 0 aromatic heterocycles. The highest BCUT2D eigenvalue weighted by Crippen LogP contribution is 2.26. The summed E-state index contributed by atoms with van der Waals surface area (Å²) in [5.74, 6) is -2.20. The lowest BCUT2D eigenvalue weighted by Crippen LogP contribution is -2.47. The molecule has 1 amide bonds. The third-order valence-corrected chi connectivity index (χ3v) is 4.44. The Kier molecular flexibility index (Phi) is 5.58. The summed E-state index contributed by atoms with van der Waals surface area (Å²) < 4.78 is 24.6. The number of thioether (sulfide) groups is 1. The Bertz CT molecular complexity index is 481. The Morgan fingerprint density at radius 3 is 2.57 bits per heavy atom. The van der Waals surface area contributed by atoms with Crippen molar-refractivity contribution in [2.75, 3.05) is 13.6 Å². The smallest absolute Gasteiger partial charge is 0.288 e. The number of likely N-dealkylation sites (N-methyl/N-ethyl adjacent to an activating group) is 1. The number of piperidine rings is 1. The predicted octanol–water partition coefficient (Wildman–Crippen LogP) is 3.27. The van der Waals surface area contributed by atoms with Gasteiger partial charge in [-0.25, -0.2) is 0 Å². The standard InChI is InChI=1S/C15H20F2N2OS/c1-10(18-12-5-8-14(20)19(2)9-12)11-3-6-13(7-4-11)21-15(16)17/h3-4,6-7,10,12,15,18H,5,8-9H2,1-2H3. The molecule has 1 aromatic carbocycles. The molecule has 0 bridgehead atoms. The number of carbonyl (C=O) groups is 1. The van der Waals surface area contributed by atoms with Gasteiger partial charge in [0.1, 0.15) is 0 Å². The van der Waals surface area contributed by atoms with E-state index in [1.165, 1.54) is 0 Å². The minimum absolute atomic E-state index is 0.127. The van der Waals surface area contributed by atoms with Gasteiger partial charge in [-0.15, -0.1) is 0 Å². The van der Waals surface area contributed by atoms with Crippen molar-refractivity contribution in [3.8, 4) is 0 Å². The highest BCUT2D eigenvalue weighted by molar-refractivity contribution is 7.99. The third-order valence-electron chi connectivity index (χ3n) is 3.72. The fourth-order valence-electron chi connectivity index (χ4n) is 2.54. The molecule has 1 fully saturated rings. The lowest BCUT2D eigenvalue weighted by Gasteiger charge is -2.32. The molecule has 6 heteroatoms. The largest absolute Gasteiger partial charge is 0.344 e. The maximum absolute atomic E-state index is 12.3. The number of nitrogens with one attached hydrogen (secondary N) is 1. The molecule has 3 nitrogen and oxygen atoms in total. The zero-order valence-electron chi connectivity index (χ0n) is 12.2. The van der Waals surface area contributed by atoms with E-state index in [1.807, 2.05) is 26.1 Å². The lowest BCUT2D eigenvalue weighted by atomic mass is 10.0. The van der Waals surface area contributed by atoms with Crippen LogP contribution >= 0.6 is 11.8 Å². The number of nitrogens with zero attached hydrogens (tertiary/aromatic N) is 1. The summed E-state index contributed by atoms with van der Waals surface area (Å²) in [7, 11) is 1.82. The molecule has 1 heterocycles. The van der Waals surface area contributed by atoms with Crippen LogP contribution in [-0.4, -0.2) is 36.2 Å². The van der Waals surface area contributed by atoms with Crippen LogP contribution in [0.2, 0.25) is 0 Å². The number of hydrogen-bond acceptors (Lipinski definition) is 3. The molecule has 21 heavy (non-hydrogen) atoms. The fourth-order valence-corrected chi connectivity index (χ4v) is 3.03. The van der Waals surface area contributed by atoms with E-state index in [-0.39, 0.29) is 18.0 Å². The monoisotopic (exact) mass is 314 g/mol. The van der Waals surface area contributed by atoms with Crippen LogP contribution in [0.1, 0.15) is 31.4 Å². The van der Waals surface area contributed by atoms with Crippen LogP contribution in [0.5, 0.6) is 0 Å². The molecule has 0 spiro atoms. The van der Waals surface area contributed by atoms with Gasteiger partial charge in [0.05, 0.1) is 0 Å². The average molecular weight is 314 g/mol. The number of hydrogen-bond donors (Lipinski definition) is 1. The first-order valence-corrected chi connectivity index (χ1v) is 7.88. The number of benzene rings is 1. The molecule has 2 unspecified atom stereocenters. The average Bonchev–Trinajstić information content (AvgIpc) is 2.43. The summed E-state index contributed by atoms with van der Waals surface area (Å²) in [6, 6.07) is 7.60. The van der Waals surface area contributed by atoms with Crippen molar-refractivity contribution in [2.45, 2.75) is 42.5 Å². The molecule has 0 saturated carbocycles. The van der Waals surface area contributed by atoms with Gasteiger partial charge >= 0.3 is 0 Å². The fraction of sp³-hybridized carbons (Fsp3) is 0.533. The molecule has 2 rings (SSSR count). The van der Waals surface area contributed by atoms with Gasteiger partial charge in [0.2, 0.25) is 5.91 Å². The van der Waals surface area contributed by atoms with Gasteiger partial charge in [0, 0.05) is 37.0 Å². The van der Waals surface area contributed by atoms with E-state index in [4.69, 9.17) is 0 Å². The maximum atomic E-state index is 12.3. The number of halogens is 2. The summed E-state index contributed by atoms with van der Waals surface area (Å²) in [6.45, 7) is 2.76. The molecule has 1 aromatic rings. The van der Waals surface area contributed by atoms with Gasteiger partial charge in [0.25, 0.3) is 5.76 Å². The van der Waals surface area contributed by atoms with Crippen molar-refractivity contribution < 1.29 is 13.6 Å². The van der Waals surface area contributed by atoms with Gasteiger partial charge in [-0.2, -0.15) is 8.78 Å². The molecule has 1 aliphatic heterocycles. The van der Waals surface area contributed by atoms with Crippen LogP contribution in [0.15, 0.2) is 29.2 Å². The zero-order chi connectivity index (χ0) is 15.4. The summed E-state index contributed by atoms with van der Waals surface area (Å²) in [5, 5.41) is 3.50. The number of likely N-dealkylation sites (tertiary alicyclic amines) is 1.